The Morgan fingerprint density at radius 1 is 0.691 bits per heavy atom. The van der Waals surface area contributed by atoms with Crippen molar-refractivity contribution in [1.82, 2.24) is 0 Å². The van der Waals surface area contributed by atoms with Gasteiger partial charge in [-0.05, 0) is 77.0 Å². The second-order valence-corrected chi connectivity index (χ2v) is 16.2. The minimum Gasteiger partial charge on any atom is -0.756 e. The van der Waals surface area contributed by atoms with Crippen molar-refractivity contribution >= 4 is 19.8 Å². The first-order valence-electron chi connectivity index (χ1n) is 20.8. The van der Waals surface area contributed by atoms with Gasteiger partial charge in [0.2, 0.25) is 0 Å². The van der Waals surface area contributed by atoms with Gasteiger partial charge in [-0.2, -0.15) is 0 Å². The van der Waals surface area contributed by atoms with E-state index in [1.54, 1.807) is 6.08 Å². The number of unbranched alkanes of at least 4 members (excludes halogenated alkanes) is 10. The third kappa shape index (κ3) is 39.4. The van der Waals surface area contributed by atoms with Crippen LogP contribution in [0, 0.1) is 0 Å². The van der Waals surface area contributed by atoms with E-state index in [-0.39, 0.29) is 26.1 Å². The number of quaternary nitrogens is 1. The molecule has 0 fully saturated rings. The largest absolute Gasteiger partial charge is 0.756 e. The van der Waals surface area contributed by atoms with Crippen molar-refractivity contribution in [2.24, 2.45) is 0 Å². The summed E-state index contributed by atoms with van der Waals surface area (Å²) in [6.45, 7) is 3.87. The van der Waals surface area contributed by atoms with Crippen molar-refractivity contribution in [3.8, 4) is 0 Å². The van der Waals surface area contributed by atoms with Crippen LogP contribution < -0.4 is 4.89 Å². The smallest absolute Gasteiger partial charge is 0.306 e. The van der Waals surface area contributed by atoms with Gasteiger partial charge in [-0.25, -0.2) is 0 Å². The fraction of sp³-hybridized carbons (Fsp3) is 0.682. The monoisotopic (exact) mass is 794 g/mol. The van der Waals surface area contributed by atoms with Crippen LogP contribution in [0.15, 0.2) is 72.9 Å². The van der Waals surface area contributed by atoms with E-state index in [4.69, 9.17) is 18.5 Å². The molecule has 0 radical (unpaired) electrons. The molecule has 3 atom stereocenters. The number of carbonyl (C=O) groups excluding carboxylic acids is 2. The van der Waals surface area contributed by atoms with E-state index in [2.05, 4.69) is 56.4 Å². The number of hydrogen-bond donors (Lipinski definition) is 1. The maximum absolute atomic E-state index is 12.6. The van der Waals surface area contributed by atoms with Crippen molar-refractivity contribution in [3.05, 3.63) is 72.9 Å². The Bertz CT molecular complexity index is 1190. The van der Waals surface area contributed by atoms with E-state index in [0.717, 1.165) is 70.6 Å². The average molecular weight is 794 g/mol. The molecule has 0 heterocycles. The van der Waals surface area contributed by atoms with Gasteiger partial charge in [0.15, 0.2) is 6.10 Å². The molecule has 0 aliphatic rings. The minimum absolute atomic E-state index is 0.0541. The molecule has 0 spiro atoms. The van der Waals surface area contributed by atoms with Gasteiger partial charge < -0.3 is 33.0 Å². The van der Waals surface area contributed by atoms with Crippen LogP contribution in [0.3, 0.4) is 0 Å². The van der Waals surface area contributed by atoms with Crippen LogP contribution in [0.4, 0.5) is 0 Å². The Balaban J connectivity index is 4.55. The molecule has 0 bridgehead atoms. The number of rotatable bonds is 36. The van der Waals surface area contributed by atoms with Gasteiger partial charge in [0.25, 0.3) is 7.82 Å². The van der Waals surface area contributed by atoms with Crippen LogP contribution >= 0.6 is 7.82 Å². The van der Waals surface area contributed by atoms with Crippen molar-refractivity contribution in [3.63, 3.8) is 0 Å². The summed E-state index contributed by atoms with van der Waals surface area (Å²) in [4.78, 5) is 37.4. The highest BCUT2D eigenvalue weighted by molar-refractivity contribution is 7.45. The van der Waals surface area contributed by atoms with E-state index >= 15 is 0 Å². The fourth-order valence-electron chi connectivity index (χ4n) is 4.99. The first kappa shape index (κ1) is 52.4. The Kier molecular flexibility index (Phi) is 34.1. The lowest BCUT2D eigenvalue weighted by Gasteiger charge is -2.28. The highest BCUT2D eigenvalue weighted by Crippen LogP contribution is 2.38. The molecule has 10 nitrogen and oxygen atoms in total. The van der Waals surface area contributed by atoms with E-state index in [0.29, 0.717) is 30.3 Å². The molecule has 0 aromatic carbocycles. The lowest BCUT2D eigenvalue weighted by atomic mass is 10.1. The highest BCUT2D eigenvalue weighted by atomic mass is 31.2. The zero-order valence-corrected chi connectivity index (χ0v) is 35.8. The highest BCUT2D eigenvalue weighted by Gasteiger charge is 2.21. The number of phosphoric ester groups is 1. The van der Waals surface area contributed by atoms with Crippen LogP contribution in [0.5, 0.6) is 0 Å². The molecule has 0 saturated carbocycles. The molecule has 11 heteroatoms. The number of carbonyl (C=O) groups is 2. The summed E-state index contributed by atoms with van der Waals surface area (Å²) in [6.07, 6.45) is 39.8. The van der Waals surface area contributed by atoms with Crippen molar-refractivity contribution in [1.29, 1.82) is 0 Å². The molecule has 2 unspecified atom stereocenters. The second kappa shape index (κ2) is 35.8. The van der Waals surface area contributed by atoms with Crippen LogP contribution in [-0.4, -0.2) is 81.2 Å². The quantitative estimate of drug-likeness (QED) is 0.0165. The molecule has 0 aliphatic carbocycles. The molecule has 1 N–H and O–H groups in total. The predicted octanol–water partition coefficient (Wildman–Crippen LogP) is 9.80. The topological polar surface area (TPSA) is 131 Å². The summed E-state index contributed by atoms with van der Waals surface area (Å²) in [7, 11) is 1.08. The first-order valence-corrected chi connectivity index (χ1v) is 22.2. The third-order valence-electron chi connectivity index (χ3n) is 8.29. The molecule has 0 aromatic heterocycles. The molecule has 55 heavy (non-hydrogen) atoms. The van der Waals surface area contributed by atoms with Gasteiger partial charge in [-0.15, -0.1) is 0 Å². The maximum atomic E-state index is 12.6. The first-order chi connectivity index (χ1) is 26.4. The standard InChI is InChI=1S/C44H76NO9P/c1-6-8-10-11-12-13-14-15-16-17-18-21-25-28-32-36-44(48)54-42(40-53-55(49,50)52-38-37-45(3,4)5)39-51-43(47)35-31-27-24-22-19-20-23-26-30-34-41(46)33-29-9-7-2/h9,12-13,15-16,18,21,23,26,29-30,34,41-42,46H,6-8,10-11,14,17,19-20,22,24-25,27-28,31-33,35-40H2,1-5H3/b13-12-,16-15-,21-18-,26-23+,29-9+,34-30+/t41?,42-/m1/s1. The average Bonchev–Trinajstić information content (AvgIpc) is 3.12. The molecule has 0 amide bonds. The van der Waals surface area contributed by atoms with Gasteiger partial charge in [0.05, 0.1) is 33.9 Å². The molecule has 0 aromatic rings. The Morgan fingerprint density at radius 3 is 1.95 bits per heavy atom. The van der Waals surface area contributed by atoms with E-state index in [1.165, 1.54) is 19.3 Å². The third-order valence-corrected chi connectivity index (χ3v) is 9.25. The number of ether oxygens (including phenoxy) is 2. The molecule has 316 valence electrons. The number of nitrogens with zero attached hydrogens (tertiary/aromatic N) is 1. The molecular weight excluding hydrogens is 717 g/mol. The minimum atomic E-state index is -4.65. The molecule has 0 saturated heterocycles. The predicted molar refractivity (Wildman–Crippen MR) is 223 cm³/mol. The summed E-state index contributed by atoms with van der Waals surface area (Å²) in [5.74, 6) is -0.942. The summed E-state index contributed by atoms with van der Waals surface area (Å²) >= 11 is 0. The number of hydrogen-bond acceptors (Lipinski definition) is 9. The normalized spacial score (nSPS) is 15.0. The number of esters is 2. The van der Waals surface area contributed by atoms with Gasteiger partial charge >= 0.3 is 11.9 Å². The van der Waals surface area contributed by atoms with Gasteiger partial charge in [-0.3, -0.25) is 14.2 Å². The van der Waals surface area contributed by atoms with Crippen LogP contribution in [-0.2, 0) is 32.7 Å². The summed E-state index contributed by atoms with van der Waals surface area (Å²) in [5, 5.41) is 9.87. The lowest BCUT2D eigenvalue weighted by molar-refractivity contribution is -0.870. The molecule has 0 aliphatic heterocycles. The lowest BCUT2D eigenvalue weighted by Crippen LogP contribution is -2.37. The van der Waals surface area contributed by atoms with Crippen LogP contribution in [0.2, 0.25) is 0 Å². The Hall–Kier alpha value is -2.59. The van der Waals surface area contributed by atoms with Gasteiger partial charge in [0, 0.05) is 12.8 Å². The zero-order valence-electron chi connectivity index (χ0n) is 35.0. The van der Waals surface area contributed by atoms with Gasteiger partial charge in [-0.1, -0.05) is 119 Å². The van der Waals surface area contributed by atoms with E-state index in [1.807, 2.05) is 45.4 Å². The van der Waals surface area contributed by atoms with E-state index in [9.17, 15) is 24.2 Å². The van der Waals surface area contributed by atoms with Crippen LogP contribution in [0.1, 0.15) is 136 Å². The van der Waals surface area contributed by atoms with Crippen LogP contribution in [0.25, 0.3) is 0 Å². The number of aliphatic hydroxyl groups excluding tert-OH is 1. The second-order valence-electron chi connectivity index (χ2n) is 14.8. The van der Waals surface area contributed by atoms with Crippen molar-refractivity contribution in [2.45, 2.75) is 148 Å². The summed E-state index contributed by atoms with van der Waals surface area (Å²) in [5.41, 5.74) is 0. The van der Waals surface area contributed by atoms with Gasteiger partial charge in [0.1, 0.15) is 19.8 Å². The number of likely N-dealkylation sites (N-methyl/N-ethyl adjacent to an activating group) is 1. The Morgan fingerprint density at radius 2 is 1.27 bits per heavy atom. The number of phosphoric acid groups is 1. The SMILES string of the molecule is CC/C=C/CC(O)/C=C/C=C/CCCCCCCC(=O)OC[C@H](COP(=O)([O-])OCC[N+](C)(C)C)OC(=O)CCCC/C=C\C/C=C\C/C=C\CCCCC. The van der Waals surface area contributed by atoms with Crippen molar-refractivity contribution in [2.75, 3.05) is 47.5 Å². The fourth-order valence-corrected chi connectivity index (χ4v) is 5.72. The zero-order chi connectivity index (χ0) is 40.9. The van der Waals surface area contributed by atoms with E-state index < -0.39 is 38.6 Å². The number of allylic oxidation sites excluding steroid dienone is 10. The summed E-state index contributed by atoms with van der Waals surface area (Å²) < 4.78 is 33.7. The molecule has 0 rings (SSSR count). The Labute approximate surface area is 334 Å². The summed E-state index contributed by atoms with van der Waals surface area (Å²) in [6, 6.07) is 0. The van der Waals surface area contributed by atoms with Crippen molar-refractivity contribution < 1.29 is 47.2 Å². The number of aliphatic hydroxyl groups is 1. The maximum Gasteiger partial charge on any atom is 0.306 e. The molecular formula is C44H76NO9P.